The molecule has 0 radical (unpaired) electrons. The molecule has 2 aromatic heterocycles. The van der Waals surface area contributed by atoms with Crippen molar-refractivity contribution in [2.24, 2.45) is 0 Å². The molecule has 5 heteroatoms. The molecule has 0 spiro atoms. The Balaban J connectivity index is 1.94. The maximum absolute atomic E-state index is 13.0. The van der Waals surface area contributed by atoms with Gasteiger partial charge in [-0.15, -0.1) is 11.3 Å². The first-order valence-electron chi connectivity index (χ1n) is 5.73. The molecule has 19 heavy (non-hydrogen) atoms. The average molecular weight is 293 g/mol. The predicted octanol–water partition coefficient (Wildman–Crippen LogP) is 4.45. The second kappa shape index (κ2) is 5.15. The van der Waals surface area contributed by atoms with Crippen LogP contribution >= 0.6 is 22.9 Å². The van der Waals surface area contributed by atoms with E-state index in [-0.39, 0.29) is 5.82 Å². The first-order chi connectivity index (χ1) is 9.24. The number of rotatable bonds is 3. The molecule has 0 aliphatic carbocycles. The maximum Gasteiger partial charge on any atom is 0.150 e. The molecule has 0 amide bonds. The van der Waals surface area contributed by atoms with Gasteiger partial charge in [-0.1, -0.05) is 23.7 Å². The molecule has 2 nitrogen and oxygen atoms in total. The van der Waals surface area contributed by atoms with Gasteiger partial charge in [0.2, 0.25) is 0 Å². The minimum absolute atomic E-state index is 0.321. The minimum Gasteiger partial charge on any atom is -0.326 e. The fourth-order valence-electron chi connectivity index (χ4n) is 1.90. The van der Waals surface area contributed by atoms with Crippen molar-refractivity contribution in [2.45, 2.75) is 6.54 Å². The Bertz CT molecular complexity index is 691. The molecule has 3 rings (SSSR count). The minimum atomic E-state index is -0.321. The largest absolute Gasteiger partial charge is 0.326 e. The van der Waals surface area contributed by atoms with E-state index in [1.54, 1.807) is 23.6 Å². The van der Waals surface area contributed by atoms with Crippen molar-refractivity contribution >= 4 is 22.9 Å². The highest BCUT2D eigenvalue weighted by Gasteiger charge is 2.09. The number of imidazole rings is 1. The summed E-state index contributed by atoms with van der Waals surface area (Å²) in [4.78, 5) is 5.46. The fourth-order valence-corrected chi connectivity index (χ4v) is 2.86. The second-order valence-electron chi connectivity index (χ2n) is 4.09. The van der Waals surface area contributed by atoms with Crippen LogP contribution < -0.4 is 0 Å². The molecule has 1 aromatic carbocycles. The van der Waals surface area contributed by atoms with Crippen LogP contribution in [0.15, 0.2) is 48.1 Å². The number of hydrogen-bond donors (Lipinski definition) is 0. The number of nitrogens with zero attached hydrogens (tertiary/aromatic N) is 2. The highest BCUT2D eigenvalue weighted by atomic mass is 35.5. The van der Waals surface area contributed by atoms with Gasteiger partial charge in [-0.05, 0) is 29.1 Å². The third-order valence-electron chi connectivity index (χ3n) is 2.81. The molecule has 0 aliphatic rings. The van der Waals surface area contributed by atoms with Gasteiger partial charge in [-0.25, -0.2) is 9.37 Å². The van der Waals surface area contributed by atoms with Gasteiger partial charge in [0.1, 0.15) is 11.6 Å². The SMILES string of the molecule is Fc1ccc(Cn2ccnc2-c2cccs2)c(Cl)c1. The molecule has 3 aromatic rings. The molecular formula is C14H10ClFN2S. The molecule has 0 saturated carbocycles. The summed E-state index contributed by atoms with van der Waals surface area (Å²) in [6.45, 7) is 0.576. The van der Waals surface area contributed by atoms with Crippen LogP contribution in [0.5, 0.6) is 0 Å². The predicted molar refractivity (Wildman–Crippen MR) is 76.1 cm³/mol. The van der Waals surface area contributed by atoms with Gasteiger partial charge in [-0.3, -0.25) is 0 Å². The van der Waals surface area contributed by atoms with Crippen LogP contribution in [0.1, 0.15) is 5.56 Å². The number of halogens is 2. The lowest BCUT2D eigenvalue weighted by atomic mass is 10.2. The number of thiophene rings is 1. The summed E-state index contributed by atoms with van der Waals surface area (Å²) in [5.74, 6) is 0.577. The Morgan fingerprint density at radius 1 is 1.32 bits per heavy atom. The molecule has 0 atom stereocenters. The molecule has 96 valence electrons. The van der Waals surface area contributed by atoms with Crippen LogP contribution in [0.4, 0.5) is 4.39 Å². The zero-order valence-corrected chi connectivity index (χ0v) is 11.5. The molecular weight excluding hydrogens is 283 g/mol. The van der Waals surface area contributed by atoms with Crippen LogP contribution in [0.2, 0.25) is 5.02 Å². The van der Waals surface area contributed by atoms with E-state index in [4.69, 9.17) is 11.6 Å². The third-order valence-corrected chi connectivity index (χ3v) is 4.03. The second-order valence-corrected chi connectivity index (χ2v) is 5.45. The van der Waals surface area contributed by atoms with E-state index in [2.05, 4.69) is 4.98 Å². The van der Waals surface area contributed by atoms with Crippen LogP contribution in [0.25, 0.3) is 10.7 Å². The average Bonchev–Trinajstić information content (AvgIpc) is 3.03. The van der Waals surface area contributed by atoms with Crippen molar-refractivity contribution in [3.8, 4) is 10.7 Å². The van der Waals surface area contributed by atoms with Crippen molar-refractivity contribution in [1.82, 2.24) is 9.55 Å². The van der Waals surface area contributed by atoms with Crippen molar-refractivity contribution in [3.63, 3.8) is 0 Å². The van der Waals surface area contributed by atoms with E-state index >= 15 is 0 Å². The quantitative estimate of drug-likeness (QED) is 0.697. The first-order valence-corrected chi connectivity index (χ1v) is 6.99. The summed E-state index contributed by atoms with van der Waals surface area (Å²) in [6, 6.07) is 8.47. The van der Waals surface area contributed by atoms with Crippen LogP contribution in [0, 0.1) is 5.82 Å². The van der Waals surface area contributed by atoms with Gasteiger partial charge in [0.25, 0.3) is 0 Å². The normalized spacial score (nSPS) is 10.8. The fraction of sp³-hybridized carbons (Fsp3) is 0.0714. The molecule has 0 bridgehead atoms. The monoisotopic (exact) mass is 292 g/mol. The highest BCUT2D eigenvalue weighted by Crippen LogP contribution is 2.25. The number of benzene rings is 1. The summed E-state index contributed by atoms with van der Waals surface area (Å²) in [5, 5.41) is 2.45. The van der Waals surface area contributed by atoms with Gasteiger partial charge in [0.15, 0.2) is 0 Å². The van der Waals surface area contributed by atoms with Crippen LogP contribution in [-0.2, 0) is 6.54 Å². The Labute approximate surface area is 119 Å². The standard InChI is InChI=1S/C14H10ClFN2S/c15-12-8-11(16)4-3-10(12)9-18-6-5-17-14(18)13-2-1-7-19-13/h1-8H,9H2. The lowest BCUT2D eigenvalue weighted by Crippen LogP contribution is -2.01. The van der Waals surface area contributed by atoms with Gasteiger partial charge in [-0.2, -0.15) is 0 Å². The Morgan fingerprint density at radius 2 is 2.21 bits per heavy atom. The summed E-state index contributed by atoms with van der Waals surface area (Å²) >= 11 is 7.69. The zero-order valence-electron chi connectivity index (χ0n) is 9.88. The van der Waals surface area contributed by atoms with Crippen molar-refractivity contribution < 1.29 is 4.39 Å². The van der Waals surface area contributed by atoms with E-state index in [9.17, 15) is 4.39 Å². The van der Waals surface area contributed by atoms with Crippen LogP contribution in [0.3, 0.4) is 0 Å². The molecule has 0 unspecified atom stereocenters. The Morgan fingerprint density at radius 3 is 2.95 bits per heavy atom. The van der Waals surface area contributed by atoms with Crippen molar-refractivity contribution in [1.29, 1.82) is 0 Å². The van der Waals surface area contributed by atoms with Crippen molar-refractivity contribution in [2.75, 3.05) is 0 Å². The first kappa shape index (κ1) is 12.4. The molecule has 0 saturated heterocycles. The lowest BCUT2D eigenvalue weighted by molar-refractivity contribution is 0.626. The summed E-state index contributed by atoms with van der Waals surface area (Å²) in [7, 11) is 0. The van der Waals surface area contributed by atoms with Crippen LogP contribution in [-0.4, -0.2) is 9.55 Å². The van der Waals surface area contributed by atoms with Gasteiger partial charge >= 0.3 is 0 Å². The van der Waals surface area contributed by atoms with Gasteiger partial charge in [0, 0.05) is 17.4 Å². The maximum atomic E-state index is 13.0. The zero-order chi connectivity index (χ0) is 13.2. The number of aromatic nitrogens is 2. The van der Waals surface area contributed by atoms with Gasteiger partial charge < -0.3 is 4.57 Å². The molecule has 0 aliphatic heterocycles. The molecule has 0 N–H and O–H groups in total. The Kier molecular flexibility index (Phi) is 3.36. The third kappa shape index (κ3) is 2.55. The highest BCUT2D eigenvalue weighted by molar-refractivity contribution is 7.13. The van der Waals surface area contributed by atoms with E-state index in [0.29, 0.717) is 11.6 Å². The van der Waals surface area contributed by atoms with E-state index in [0.717, 1.165) is 16.3 Å². The Hall–Kier alpha value is -1.65. The van der Waals surface area contributed by atoms with E-state index in [1.807, 2.05) is 28.3 Å². The number of hydrogen-bond acceptors (Lipinski definition) is 2. The molecule has 2 heterocycles. The van der Waals surface area contributed by atoms with E-state index in [1.165, 1.54) is 12.1 Å². The summed E-state index contributed by atoms with van der Waals surface area (Å²) in [6.07, 6.45) is 3.65. The van der Waals surface area contributed by atoms with Crippen molar-refractivity contribution in [3.05, 3.63) is 64.5 Å². The lowest BCUT2D eigenvalue weighted by Gasteiger charge is -2.08. The smallest absolute Gasteiger partial charge is 0.150 e. The summed E-state index contributed by atoms with van der Waals surface area (Å²) < 4.78 is 15.0. The van der Waals surface area contributed by atoms with Gasteiger partial charge in [0.05, 0.1) is 11.4 Å². The molecule has 0 fully saturated rings. The topological polar surface area (TPSA) is 17.8 Å². The van der Waals surface area contributed by atoms with E-state index < -0.39 is 0 Å². The summed E-state index contributed by atoms with van der Waals surface area (Å²) in [5.41, 5.74) is 0.874.